The third-order valence-electron chi connectivity index (χ3n) is 5.47. The molecule has 2 saturated heterocycles. The van der Waals surface area contributed by atoms with Crippen molar-refractivity contribution < 1.29 is 9.47 Å². The molecule has 2 aliphatic heterocycles. The van der Waals surface area contributed by atoms with Gasteiger partial charge in [0, 0.05) is 51.0 Å². The van der Waals surface area contributed by atoms with Crippen molar-refractivity contribution in [1.29, 1.82) is 0 Å². The highest BCUT2D eigenvalue weighted by molar-refractivity contribution is 7.09. The molecule has 0 aromatic carbocycles. The minimum atomic E-state index is 0.308. The lowest BCUT2D eigenvalue weighted by Gasteiger charge is -2.35. The van der Waals surface area contributed by atoms with E-state index in [-0.39, 0.29) is 0 Å². The number of ether oxygens (including phenoxy) is 2. The van der Waals surface area contributed by atoms with Crippen LogP contribution in [0.25, 0.3) is 0 Å². The highest BCUT2D eigenvalue weighted by Crippen LogP contribution is 2.20. The summed E-state index contributed by atoms with van der Waals surface area (Å²) in [5.41, 5.74) is 1.17. The zero-order valence-electron chi connectivity index (χ0n) is 17.7. The van der Waals surface area contributed by atoms with Gasteiger partial charge in [0.05, 0.1) is 29.5 Å². The number of likely N-dealkylation sites (tertiary alicyclic amines) is 1. The zero-order chi connectivity index (χ0) is 19.8. The zero-order valence-corrected chi connectivity index (χ0v) is 18.5. The number of aliphatic imine (C=N–C) groups is 1. The fourth-order valence-corrected chi connectivity index (χ4v) is 4.62. The summed E-state index contributed by atoms with van der Waals surface area (Å²) in [6.07, 6.45) is 7.31. The van der Waals surface area contributed by atoms with E-state index in [1.807, 2.05) is 7.05 Å². The largest absolute Gasteiger partial charge is 0.376 e. The van der Waals surface area contributed by atoms with Crippen LogP contribution < -0.4 is 5.32 Å². The lowest BCUT2D eigenvalue weighted by atomic mass is 10.1. The first-order chi connectivity index (χ1) is 13.7. The molecule has 1 aromatic heterocycles. The maximum Gasteiger partial charge on any atom is 0.193 e. The van der Waals surface area contributed by atoms with Gasteiger partial charge in [-0.1, -0.05) is 13.8 Å². The van der Waals surface area contributed by atoms with Crippen LogP contribution in [0, 0.1) is 0 Å². The summed E-state index contributed by atoms with van der Waals surface area (Å²) in [6.45, 7) is 8.88. The van der Waals surface area contributed by atoms with Crippen LogP contribution in [-0.2, 0) is 15.9 Å². The Morgan fingerprint density at radius 2 is 2.18 bits per heavy atom. The smallest absolute Gasteiger partial charge is 0.193 e. The Hall–Kier alpha value is -1.18. The molecule has 2 fully saturated rings. The van der Waals surface area contributed by atoms with Gasteiger partial charge in [-0.25, -0.2) is 4.98 Å². The van der Waals surface area contributed by atoms with Crippen molar-refractivity contribution in [3.63, 3.8) is 0 Å². The monoisotopic (exact) mass is 408 g/mol. The molecular weight excluding hydrogens is 372 g/mol. The van der Waals surface area contributed by atoms with E-state index in [4.69, 9.17) is 14.5 Å². The lowest BCUT2D eigenvalue weighted by Crippen LogP contribution is -2.47. The van der Waals surface area contributed by atoms with Gasteiger partial charge in [0.15, 0.2) is 5.96 Å². The normalized spacial score (nSPS) is 22.1. The number of hydrogen-bond acceptors (Lipinski definition) is 5. The van der Waals surface area contributed by atoms with Gasteiger partial charge in [-0.15, -0.1) is 11.3 Å². The predicted molar refractivity (Wildman–Crippen MR) is 115 cm³/mol. The van der Waals surface area contributed by atoms with E-state index in [1.54, 1.807) is 11.3 Å². The molecule has 0 aliphatic carbocycles. The molecular formula is C21H36N4O2S. The molecule has 1 N–H and O–H groups in total. The summed E-state index contributed by atoms with van der Waals surface area (Å²) in [5, 5.41) is 6.91. The molecule has 1 aromatic rings. The fraction of sp³-hybridized carbons (Fsp3) is 0.810. The predicted octanol–water partition coefficient (Wildman–Crippen LogP) is 3.43. The number of aromatic nitrogens is 1. The van der Waals surface area contributed by atoms with Gasteiger partial charge in [-0.05, 0) is 32.1 Å². The highest BCUT2D eigenvalue weighted by atomic mass is 32.1. The van der Waals surface area contributed by atoms with E-state index in [0.717, 1.165) is 64.5 Å². The van der Waals surface area contributed by atoms with Crippen LogP contribution in [0.1, 0.15) is 62.6 Å². The van der Waals surface area contributed by atoms with E-state index in [9.17, 15) is 0 Å². The SMILES string of the molecule is CN=C(NCCc1csc(C(C)C)n1)N1CCC(OCC2CCCCO2)CC1. The van der Waals surface area contributed by atoms with Gasteiger partial charge >= 0.3 is 0 Å². The Bertz CT molecular complexity index is 605. The summed E-state index contributed by atoms with van der Waals surface area (Å²) in [7, 11) is 1.87. The van der Waals surface area contributed by atoms with Crippen molar-refractivity contribution in [2.45, 2.75) is 70.5 Å². The summed E-state index contributed by atoms with van der Waals surface area (Å²) in [5.74, 6) is 1.50. The van der Waals surface area contributed by atoms with Crippen LogP contribution in [0.5, 0.6) is 0 Å². The molecule has 1 unspecified atom stereocenters. The minimum absolute atomic E-state index is 0.308. The van der Waals surface area contributed by atoms with Gasteiger partial charge in [-0.3, -0.25) is 4.99 Å². The van der Waals surface area contributed by atoms with Crippen molar-refractivity contribution in [2.24, 2.45) is 4.99 Å². The van der Waals surface area contributed by atoms with Gasteiger partial charge in [0.25, 0.3) is 0 Å². The summed E-state index contributed by atoms with van der Waals surface area (Å²) >= 11 is 1.76. The Kier molecular flexibility index (Phi) is 8.55. The van der Waals surface area contributed by atoms with Gasteiger partial charge in [0.1, 0.15) is 0 Å². The Morgan fingerprint density at radius 3 is 2.82 bits per heavy atom. The van der Waals surface area contributed by atoms with Crippen molar-refractivity contribution >= 4 is 17.3 Å². The molecule has 6 nitrogen and oxygen atoms in total. The second-order valence-corrected chi connectivity index (χ2v) is 8.95. The number of guanidine groups is 1. The van der Waals surface area contributed by atoms with Crippen LogP contribution >= 0.6 is 11.3 Å². The summed E-state index contributed by atoms with van der Waals surface area (Å²) < 4.78 is 11.9. The molecule has 1 atom stereocenters. The second-order valence-electron chi connectivity index (χ2n) is 8.06. The summed E-state index contributed by atoms with van der Waals surface area (Å²) in [4.78, 5) is 11.5. The number of rotatable bonds is 7. The van der Waals surface area contributed by atoms with E-state index < -0.39 is 0 Å². The number of nitrogens with zero attached hydrogens (tertiary/aromatic N) is 3. The average molecular weight is 409 g/mol. The van der Waals surface area contributed by atoms with Crippen molar-refractivity contribution in [3.05, 3.63) is 16.1 Å². The van der Waals surface area contributed by atoms with Crippen LogP contribution in [0.3, 0.4) is 0 Å². The first kappa shape index (κ1) is 21.5. The minimum Gasteiger partial charge on any atom is -0.376 e. The maximum atomic E-state index is 6.13. The van der Waals surface area contributed by atoms with Crippen molar-refractivity contribution in [3.8, 4) is 0 Å². The van der Waals surface area contributed by atoms with Crippen molar-refractivity contribution in [1.82, 2.24) is 15.2 Å². The Morgan fingerprint density at radius 1 is 1.36 bits per heavy atom. The van der Waals surface area contributed by atoms with Crippen molar-refractivity contribution in [2.75, 3.05) is 39.9 Å². The van der Waals surface area contributed by atoms with E-state index in [0.29, 0.717) is 18.1 Å². The standard InChI is InChI=1S/C21H36N4O2S/c1-16(2)20-24-17(15-28-20)7-10-23-21(22-3)25-11-8-18(9-12-25)27-14-19-6-4-5-13-26-19/h15-16,18-19H,4-14H2,1-3H3,(H,22,23). The highest BCUT2D eigenvalue weighted by Gasteiger charge is 2.23. The Labute approximate surface area is 173 Å². The van der Waals surface area contributed by atoms with E-state index in [2.05, 4.69) is 34.4 Å². The molecule has 28 heavy (non-hydrogen) atoms. The molecule has 0 saturated carbocycles. The van der Waals surface area contributed by atoms with Crippen LogP contribution in [0.2, 0.25) is 0 Å². The molecule has 3 heterocycles. The van der Waals surface area contributed by atoms with E-state index >= 15 is 0 Å². The third kappa shape index (κ3) is 6.42. The molecule has 0 bridgehead atoms. The summed E-state index contributed by atoms with van der Waals surface area (Å²) in [6, 6.07) is 0. The average Bonchev–Trinajstić information content (AvgIpc) is 3.20. The quantitative estimate of drug-likeness (QED) is 0.553. The molecule has 0 radical (unpaired) electrons. The molecule has 158 valence electrons. The van der Waals surface area contributed by atoms with Crippen LogP contribution in [0.4, 0.5) is 0 Å². The topological polar surface area (TPSA) is 59.0 Å². The number of thiazole rings is 1. The maximum absolute atomic E-state index is 6.13. The molecule has 0 spiro atoms. The first-order valence-electron chi connectivity index (χ1n) is 10.8. The molecule has 2 aliphatic rings. The number of piperidine rings is 1. The number of nitrogens with one attached hydrogen (secondary N) is 1. The Balaban J connectivity index is 1.34. The van der Waals surface area contributed by atoms with E-state index in [1.165, 1.54) is 23.5 Å². The van der Waals surface area contributed by atoms with Crippen LogP contribution in [-0.4, -0.2) is 67.9 Å². The van der Waals surface area contributed by atoms with Gasteiger partial charge in [-0.2, -0.15) is 0 Å². The lowest BCUT2D eigenvalue weighted by molar-refractivity contribution is -0.0721. The molecule has 7 heteroatoms. The third-order valence-corrected chi connectivity index (χ3v) is 6.67. The van der Waals surface area contributed by atoms with Crippen LogP contribution in [0.15, 0.2) is 10.4 Å². The second kappa shape index (κ2) is 11.1. The van der Waals surface area contributed by atoms with Gasteiger partial charge in [0.2, 0.25) is 0 Å². The number of hydrogen-bond donors (Lipinski definition) is 1. The van der Waals surface area contributed by atoms with Gasteiger partial charge < -0.3 is 19.7 Å². The fourth-order valence-electron chi connectivity index (χ4n) is 3.75. The molecule has 0 amide bonds. The first-order valence-corrected chi connectivity index (χ1v) is 11.7. The molecule has 3 rings (SSSR count).